The van der Waals surface area contributed by atoms with E-state index in [2.05, 4.69) is 166 Å². The van der Waals surface area contributed by atoms with E-state index in [0.29, 0.717) is 0 Å². The average Bonchev–Trinajstić information content (AvgIpc) is 3.56. The topological polar surface area (TPSA) is 42.3 Å². The molecule has 3 aliphatic rings. The van der Waals surface area contributed by atoms with Crippen molar-refractivity contribution in [2.45, 2.75) is 137 Å². The van der Waals surface area contributed by atoms with Gasteiger partial charge in [0.1, 0.15) is 0 Å². The van der Waals surface area contributed by atoms with Crippen molar-refractivity contribution in [3.63, 3.8) is 0 Å². The molecule has 8 heteroatoms. The molecule has 0 N–H and O–H groups in total. The number of halogens is 1. The number of hydrogen-bond donors (Lipinski definition) is 0. The summed E-state index contributed by atoms with van der Waals surface area (Å²) in [6, 6.07) is 0. The molecule has 3 aliphatic carbocycles. The van der Waals surface area contributed by atoms with E-state index >= 15 is 0 Å². The normalized spacial score (nSPS) is 17.1. The van der Waals surface area contributed by atoms with Gasteiger partial charge in [-0.25, -0.2) is 0 Å². The van der Waals surface area contributed by atoms with Crippen LogP contribution >= 0.6 is 9.30 Å². The van der Waals surface area contributed by atoms with Crippen LogP contribution in [0, 0.1) is 0 Å². The van der Waals surface area contributed by atoms with Gasteiger partial charge in [-0.15, -0.1) is 16.6 Å². The van der Waals surface area contributed by atoms with Gasteiger partial charge in [-0.1, -0.05) is 172 Å². The zero-order chi connectivity index (χ0) is 32.3. The third-order valence-corrected chi connectivity index (χ3v) is 16.0. The van der Waals surface area contributed by atoms with Gasteiger partial charge in [0, 0.05) is 0 Å². The first-order chi connectivity index (χ1) is 18.4. The molecule has 0 saturated carbocycles. The summed E-state index contributed by atoms with van der Waals surface area (Å²) in [6.45, 7) is 33.6. The number of hydrogen-bond acceptors (Lipinski definition) is 0. The molecule has 0 saturated heterocycles. The molecular formula is C33H60ClN3Si3Ti. The standard InChI is InChI=1S/3C11H20NSi.ClH.Ti/c3*1-11(2,3)12-13(4,5)10-8-6-7-9-10;;/h3*6-8H,9H2,1-5H3;1H;/q3*-1;;+4/p-1. The van der Waals surface area contributed by atoms with Crippen molar-refractivity contribution in [2.24, 2.45) is 0 Å². The van der Waals surface area contributed by atoms with Crippen molar-refractivity contribution in [3.05, 3.63) is 85.2 Å². The van der Waals surface area contributed by atoms with Crippen LogP contribution in [0.4, 0.5) is 0 Å². The van der Waals surface area contributed by atoms with Crippen molar-refractivity contribution >= 4 is 34.0 Å². The second kappa shape index (κ2) is 16.9. The Morgan fingerprint density at radius 3 is 0.805 bits per heavy atom. The third-order valence-electron chi connectivity index (χ3n) is 6.52. The third kappa shape index (κ3) is 17.8. The minimum absolute atomic E-state index is 0.110. The van der Waals surface area contributed by atoms with Crippen LogP contribution in [0.2, 0.25) is 39.3 Å². The van der Waals surface area contributed by atoms with Crippen LogP contribution in [0.1, 0.15) is 81.6 Å². The zero-order valence-electron chi connectivity index (χ0n) is 29.0. The molecule has 0 heterocycles. The Bertz CT molecular complexity index is 872. The molecule has 41 heavy (non-hydrogen) atoms. The number of allylic oxidation sites excluding steroid dienone is 12. The van der Waals surface area contributed by atoms with Crippen molar-refractivity contribution in [1.82, 2.24) is 0 Å². The second-order valence-corrected chi connectivity index (χ2v) is 27.4. The molecule has 3 rings (SSSR count). The van der Waals surface area contributed by atoms with Crippen LogP contribution in [-0.2, 0) is 19.4 Å². The molecule has 0 aromatic rings. The van der Waals surface area contributed by atoms with Crippen LogP contribution in [-0.4, -0.2) is 41.3 Å². The monoisotopic (exact) mass is 665 g/mol. The Morgan fingerprint density at radius 2 is 0.683 bits per heavy atom. The van der Waals surface area contributed by atoms with Gasteiger partial charge in [0.25, 0.3) is 0 Å². The van der Waals surface area contributed by atoms with Crippen molar-refractivity contribution in [1.29, 1.82) is 0 Å². The molecular weight excluding hydrogens is 606 g/mol. The van der Waals surface area contributed by atoms with Gasteiger partial charge < -0.3 is 14.9 Å². The van der Waals surface area contributed by atoms with E-state index in [1.54, 1.807) is 15.6 Å². The van der Waals surface area contributed by atoms with Crippen LogP contribution < -0.4 is 0 Å². The SMILES string of the molecule is CC(C)(C)[N-][Si](C)(C)C1=CC=CC1.CC(C)(C)[N-][Si](C)(C)C1=CC=CC1.CC(C)(C)[N-][Si](C)(C)C1=CC=CC1.[Cl][Ti+3]. The maximum absolute atomic E-state index is 4.95. The van der Waals surface area contributed by atoms with E-state index in [4.69, 9.17) is 14.9 Å². The minimum atomic E-state index is -1.48. The fourth-order valence-corrected chi connectivity index (χ4v) is 14.3. The van der Waals surface area contributed by atoms with Gasteiger partial charge in [-0.2, -0.15) is 0 Å². The van der Waals surface area contributed by atoms with E-state index in [9.17, 15) is 0 Å². The van der Waals surface area contributed by atoms with E-state index < -0.39 is 24.7 Å². The number of rotatable bonds is 6. The summed E-state index contributed by atoms with van der Waals surface area (Å²) in [5.74, 6) is 0. The maximum atomic E-state index is 4.95. The van der Waals surface area contributed by atoms with Gasteiger partial charge in [-0.3, -0.25) is 0 Å². The Morgan fingerprint density at radius 1 is 0.488 bits per heavy atom. The van der Waals surface area contributed by atoms with Gasteiger partial charge in [-0.05, 0) is 44.0 Å². The molecule has 0 fully saturated rings. The van der Waals surface area contributed by atoms with Gasteiger partial charge in [0.2, 0.25) is 0 Å². The predicted octanol–water partition coefficient (Wildman–Crippen LogP) is 12.1. The first-order valence-corrected chi connectivity index (χ1v) is 25.9. The summed E-state index contributed by atoms with van der Waals surface area (Å²) in [7, 11) is 0.193. The molecule has 0 bridgehead atoms. The average molecular weight is 666 g/mol. The first-order valence-electron chi connectivity index (χ1n) is 14.9. The molecule has 0 amide bonds. The Labute approximate surface area is 274 Å². The van der Waals surface area contributed by atoms with Crippen molar-refractivity contribution in [3.8, 4) is 0 Å². The van der Waals surface area contributed by atoms with Gasteiger partial charge >= 0.3 is 28.7 Å². The zero-order valence-corrected chi connectivity index (χ0v) is 34.4. The van der Waals surface area contributed by atoms with Crippen LogP contribution in [0.5, 0.6) is 0 Å². The van der Waals surface area contributed by atoms with E-state index in [1.165, 1.54) is 19.4 Å². The van der Waals surface area contributed by atoms with E-state index in [-0.39, 0.29) is 16.6 Å². The summed E-state index contributed by atoms with van der Waals surface area (Å²) in [5, 5.41) is 4.67. The van der Waals surface area contributed by atoms with E-state index in [1.807, 2.05) is 0 Å². The molecule has 0 unspecified atom stereocenters. The van der Waals surface area contributed by atoms with Crippen LogP contribution in [0.15, 0.2) is 70.3 Å². The quantitative estimate of drug-likeness (QED) is 0.253. The second-order valence-electron chi connectivity index (χ2n) is 15.5. The molecule has 0 spiro atoms. The Kier molecular flexibility index (Phi) is 16.9. The van der Waals surface area contributed by atoms with Gasteiger partial charge in [0.15, 0.2) is 0 Å². The summed E-state index contributed by atoms with van der Waals surface area (Å²) in [4.78, 5) is 14.9. The van der Waals surface area contributed by atoms with Crippen LogP contribution in [0.25, 0.3) is 14.9 Å². The summed E-state index contributed by atoms with van der Waals surface area (Å²) < 4.78 is 0. The molecule has 0 aliphatic heterocycles. The molecule has 0 aromatic carbocycles. The Balaban J connectivity index is 0.000000567. The van der Waals surface area contributed by atoms with Gasteiger partial charge in [0.05, 0.1) is 0 Å². The molecule has 0 aromatic heterocycles. The van der Waals surface area contributed by atoms with E-state index in [0.717, 1.165) is 19.3 Å². The molecule has 0 atom stereocenters. The summed E-state index contributed by atoms with van der Waals surface area (Å²) in [6.07, 6.45) is 23.3. The predicted molar refractivity (Wildman–Crippen MR) is 193 cm³/mol. The molecule has 230 valence electrons. The van der Waals surface area contributed by atoms with Crippen molar-refractivity contribution < 1.29 is 19.4 Å². The molecule has 3 nitrogen and oxygen atoms in total. The number of nitrogens with zero attached hydrogens (tertiary/aromatic N) is 3. The summed E-state index contributed by atoms with van der Waals surface area (Å²) in [5.41, 5.74) is 0.331. The summed E-state index contributed by atoms with van der Waals surface area (Å²) >= 11 is 1.47. The Hall–Kier alpha value is -0.0251. The fraction of sp³-hybridized carbons (Fsp3) is 0.636. The van der Waals surface area contributed by atoms with Crippen LogP contribution in [0.3, 0.4) is 0 Å². The first kappa shape index (κ1) is 41.0. The fourth-order valence-electron chi connectivity index (χ4n) is 5.43. The van der Waals surface area contributed by atoms with Crippen molar-refractivity contribution in [2.75, 3.05) is 0 Å². The molecule has 0 radical (unpaired) electrons.